The van der Waals surface area contributed by atoms with Gasteiger partial charge in [0, 0.05) is 10.4 Å². The van der Waals surface area contributed by atoms with Crippen molar-refractivity contribution in [2.45, 2.75) is 6.54 Å². The van der Waals surface area contributed by atoms with Crippen LogP contribution in [0.4, 0.5) is 10.8 Å². The minimum Gasteiger partial charge on any atom is -0.493 e. The van der Waals surface area contributed by atoms with E-state index in [0.717, 1.165) is 26.7 Å². The molecule has 2 heterocycles. The third-order valence-corrected chi connectivity index (χ3v) is 5.86. The fourth-order valence-electron chi connectivity index (χ4n) is 3.30. The molecule has 0 saturated heterocycles. The third kappa shape index (κ3) is 3.37. The molecular weight excluding hydrogens is 404 g/mol. The number of hydrogen-bond donors (Lipinski definition) is 1. The number of fused-ring (bicyclic) bond motifs is 2. The fraction of sp³-hybridized carbons (Fsp3) is 0.0455. The van der Waals surface area contributed by atoms with Gasteiger partial charge in [-0.15, -0.1) is 10.2 Å². The number of rotatable bonds is 4. The summed E-state index contributed by atoms with van der Waals surface area (Å²) < 4.78 is 2.88. The van der Waals surface area contributed by atoms with Gasteiger partial charge in [-0.2, -0.15) is 0 Å². The van der Waals surface area contributed by atoms with Gasteiger partial charge >= 0.3 is 0 Å². The summed E-state index contributed by atoms with van der Waals surface area (Å²) >= 11 is 7.45. The molecule has 29 heavy (non-hydrogen) atoms. The molecule has 0 fully saturated rings. The average Bonchev–Trinajstić information content (AvgIpc) is 3.27. The molecule has 0 aliphatic rings. The zero-order valence-corrected chi connectivity index (χ0v) is 16.7. The van der Waals surface area contributed by atoms with E-state index in [-0.39, 0.29) is 5.88 Å². The van der Waals surface area contributed by atoms with Crippen molar-refractivity contribution in [3.8, 4) is 5.88 Å². The monoisotopic (exact) mass is 418 g/mol. The van der Waals surface area contributed by atoms with Crippen LogP contribution in [0.3, 0.4) is 0 Å². The highest BCUT2D eigenvalue weighted by molar-refractivity contribution is 7.21. The van der Waals surface area contributed by atoms with E-state index in [4.69, 9.17) is 11.6 Å². The Kier molecular flexibility index (Phi) is 4.50. The Bertz CT molecular complexity index is 1320. The maximum atomic E-state index is 10.9. The molecule has 5 rings (SSSR count). The first-order valence-corrected chi connectivity index (χ1v) is 10.2. The van der Waals surface area contributed by atoms with Gasteiger partial charge in [0.2, 0.25) is 11.0 Å². The van der Waals surface area contributed by atoms with E-state index >= 15 is 0 Å². The van der Waals surface area contributed by atoms with Gasteiger partial charge in [-0.1, -0.05) is 65.4 Å². The first-order valence-electron chi connectivity index (χ1n) is 9.01. The summed E-state index contributed by atoms with van der Waals surface area (Å²) in [7, 11) is 0. The highest BCUT2D eigenvalue weighted by Gasteiger charge is 2.17. The van der Waals surface area contributed by atoms with Crippen molar-refractivity contribution in [2.75, 3.05) is 0 Å². The van der Waals surface area contributed by atoms with E-state index in [0.29, 0.717) is 22.4 Å². The van der Waals surface area contributed by atoms with Crippen molar-refractivity contribution >= 4 is 54.9 Å². The standard InChI is InChI=1S/C22H15ClN4OS/c23-15-11-9-14(10-12-15)13-27-18-7-3-1-5-16(18)20(21(27)28)25-26-22-24-17-6-2-4-8-19(17)29-22/h1-12,28H,13H2. The number of benzene rings is 3. The van der Waals surface area contributed by atoms with Gasteiger partial charge in [0.1, 0.15) is 0 Å². The van der Waals surface area contributed by atoms with E-state index in [1.54, 1.807) is 0 Å². The smallest absolute Gasteiger partial charge is 0.231 e. The molecule has 7 heteroatoms. The van der Waals surface area contributed by atoms with Crippen molar-refractivity contribution in [3.63, 3.8) is 0 Å². The summed E-state index contributed by atoms with van der Waals surface area (Å²) in [5.41, 5.74) is 3.24. The Balaban J connectivity index is 1.56. The van der Waals surface area contributed by atoms with Crippen LogP contribution in [-0.2, 0) is 6.54 Å². The van der Waals surface area contributed by atoms with Crippen LogP contribution in [0.2, 0.25) is 5.02 Å². The summed E-state index contributed by atoms with van der Waals surface area (Å²) in [6.07, 6.45) is 0. The zero-order valence-electron chi connectivity index (χ0n) is 15.2. The molecule has 0 unspecified atom stereocenters. The summed E-state index contributed by atoms with van der Waals surface area (Å²) in [5.74, 6) is 0.0750. The van der Waals surface area contributed by atoms with Gasteiger partial charge in [0.15, 0.2) is 5.69 Å². The predicted molar refractivity (Wildman–Crippen MR) is 118 cm³/mol. The van der Waals surface area contributed by atoms with Crippen LogP contribution in [0.25, 0.3) is 21.1 Å². The summed E-state index contributed by atoms with van der Waals surface area (Å²) in [4.78, 5) is 4.48. The first-order chi connectivity index (χ1) is 14.2. The van der Waals surface area contributed by atoms with E-state index < -0.39 is 0 Å². The van der Waals surface area contributed by atoms with Gasteiger partial charge in [-0.05, 0) is 35.9 Å². The number of hydrogen-bond acceptors (Lipinski definition) is 5. The molecular formula is C22H15ClN4OS. The molecule has 1 N–H and O–H groups in total. The van der Waals surface area contributed by atoms with Gasteiger partial charge in [0.25, 0.3) is 0 Å². The molecule has 3 aromatic carbocycles. The molecule has 0 bridgehead atoms. The lowest BCUT2D eigenvalue weighted by molar-refractivity contribution is 0.429. The molecule has 5 nitrogen and oxygen atoms in total. The van der Waals surface area contributed by atoms with Gasteiger partial charge < -0.3 is 9.67 Å². The molecule has 0 aliphatic heterocycles. The number of aromatic nitrogens is 2. The van der Waals surface area contributed by atoms with Gasteiger partial charge in [-0.25, -0.2) is 4.98 Å². The van der Waals surface area contributed by atoms with E-state index in [2.05, 4.69) is 15.2 Å². The van der Waals surface area contributed by atoms with Crippen molar-refractivity contribution in [3.05, 3.63) is 83.4 Å². The van der Waals surface area contributed by atoms with Crippen LogP contribution in [0.15, 0.2) is 83.0 Å². The van der Waals surface area contributed by atoms with E-state index in [9.17, 15) is 5.11 Å². The second kappa shape index (κ2) is 7.31. The number of aromatic hydroxyl groups is 1. The summed E-state index contributed by atoms with van der Waals surface area (Å²) in [5, 5.41) is 21.6. The number of halogens is 1. The number of azo groups is 1. The minimum absolute atomic E-state index is 0.0750. The number of para-hydroxylation sites is 2. The average molecular weight is 419 g/mol. The van der Waals surface area contributed by atoms with Crippen molar-refractivity contribution in [1.82, 2.24) is 9.55 Å². The van der Waals surface area contributed by atoms with Crippen molar-refractivity contribution in [1.29, 1.82) is 0 Å². The Morgan fingerprint density at radius 1 is 0.931 bits per heavy atom. The Hall–Kier alpha value is -3.22. The second-order valence-corrected chi connectivity index (χ2v) is 8.01. The van der Waals surface area contributed by atoms with Crippen LogP contribution < -0.4 is 0 Å². The molecule has 0 aliphatic carbocycles. The van der Waals surface area contributed by atoms with E-state index in [1.165, 1.54) is 11.3 Å². The highest BCUT2D eigenvalue weighted by atomic mass is 35.5. The molecule has 0 radical (unpaired) electrons. The van der Waals surface area contributed by atoms with E-state index in [1.807, 2.05) is 77.4 Å². The molecule has 0 atom stereocenters. The topological polar surface area (TPSA) is 62.8 Å². The molecule has 0 amide bonds. The molecule has 5 aromatic rings. The third-order valence-electron chi connectivity index (χ3n) is 4.69. The van der Waals surface area contributed by atoms with Crippen LogP contribution in [0.1, 0.15) is 5.56 Å². The molecule has 2 aromatic heterocycles. The summed E-state index contributed by atoms with van der Waals surface area (Å²) in [6, 6.07) is 23.2. The zero-order chi connectivity index (χ0) is 19.8. The fourth-order valence-corrected chi connectivity index (χ4v) is 4.21. The van der Waals surface area contributed by atoms with Crippen molar-refractivity contribution in [2.24, 2.45) is 10.2 Å². The SMILES string of the molecule is Oc1c(N=Nc2nc3ccccc3s2)c2ccccc2n1Cc1ccc(Cl)cc1. The first kappa shape index (κ1) is 17.8. The van der Waals surface area contributed by atoms with Crippen LogP contribution in [0, 0.1) is 0 Å². The molecule has 0 saturated carbocycles. The number of thiazole rings is 1. The van der Waals surface area contributed by atoms with Gasteiger partial charge in [-0.3, -0.25) is 0 Å². The van der Waals surface area contributed by atoms with Crippen LogP contribution >= 0.6 is 22.9 Å². The highest BCUT2D eigenvalue weighted by Crippen LogP contribution is 2.40. The lowest BCUT2D eigenvalue weighted by Gasteiger charge is -2.07. The van der Waals surface area contributed by atoms with Gasteiger partial charge in [0.05, 0.1) is 22.3 Å². The predicted octanol–water partition coefficient (Wildman–Crippen LogP) is 7.07. The maximum Gasteiger partial charge on any atom is 0.231 e. The molecule has 0 spiro atoms. The minimum atomic E-state index is 0.0750. The molecule has 142 valence electrons. The maximum absolute atomic E-state index is 10.9. The quantitative estimate of drug-likeness (QED) is 0.317. The Labute approximate surface area is 175 Å². The lowest BCUT2D eigenvalue weighted by atomic mass is 10.2. The Morgan fingerprint density at radius 2 is 1.69 bits per heavy atom. The van der Waals surface area contributed by atoms with Crippen LogP contribution in [0.5, 0.6) is 5.88 Å². The van der Waals surface area contributed by atoms with Crippen LogP contribution in [-0.4, -0.2) is 14.7 Å². The normalized spacial score (nSPS) is 11.8. The van der Waals surface area contributed by atoms with Crippen molar-refractivity contribution < 1.29 is 5.11 Å². The largest absolute Gasteiger partial charge is 0.493 e. The number of nitrogens with zero attached hydrogens (tertiary/aromatic N) is 4. The lowest BCUT2D eigenvalue weighted by Crippen LogP contribution is -1.98. The second-order valence-electron chi connectivity index (χ2n) is 6.57. The summed E-state index contributed by atoms with van der Waals surface area (Å²) in [6.45, 7) is 0.500. The Morgan fingerprint density at radius 3 is 2.52 bits per heavy atom.